The molecular formula is C21H27N3O. The summed E-state index contributed by atoms with van der Waals surface area (Å²) in [4.78, 5) is 17.1. The number of rotatable bonds is 5. The molecular weight excluding hydrogens is 310 g/mol. The highest BCUT2D eigenvalue weighted by Gasteiger charge is 2.25. The Morgan fingerprint density at radius 1 is 1.00 bits per heavy atom. The molecule has 1 atom stereocenters. The molecule has 1 unspecified atom stereocenters. The molecule has 3 rings (SSSR count). The average Bonchev–Trinajstić information content (AvgIpc) is 2.67. The Kier molecular flexibility index (Phi) is 5.71. The molecule has 1 heterocycles. The minimum atomic E-state index is -0.0936. The van der Waals surface area contributed by atoms with Crippen LogP contribution in [0.4, 0.5) is 5.69 Å². The van der Waals surface area contributed by atoms with Gasteiger partial charge in [0.2, 0.25) is 5.91 Å². The van der Waals surface area contributed by atoms with Crippen molar-refractivity contribution in [1.82, 2.24) is 10.2 Å². The summed E-state index contributed by atoms with van der Waals surface area (Å²) in [5.74, 6) is 0.104. The van der Waals surface area contributed by atoms with Gasteiger partial charge in [0.1, 0.15) is 0 Å². The van der Waals surface area contributed by atoms with Gasteiger partial charge in [-0.25, -0.2) is 0 Å². The van der Waals surface area contributed by atoms with Gasteiger partial charge in [-0.1, -0.05) is 48.0 Å². The average molecular weight is 337 g/mol. The highest BCUT2D eigenvalue weighted by Crippen LogP contribution is 2.18. The first kappa shape index (κ1) is 17.5. The van der Waals surface area contributed by atoms with Gasteiger partial charge in [0.05, 0.1) is 6.04 Å². The van der Waals surface area contributed by atoms with Gasteiger partial charge >= 0.3 is 0 Å². The van der Waals surface area contributed by atoms with Gasteiger partial charge in [0, 0.05) is 38.4 Å². The van der Waals surface area contributed by atoms with E-state index in [1.54, 1.807) is 0 Å². The molecule has 0 radical (unpaired) electrons. The zero-order valence-corrected chi connectivity index (χ0v) is 15.1. The number of aryl methyl sites for hydroxylation is 1. The third-order valence-electron chi connectivity index (χ3n) is 4.95. The zero-order valence-electron chi connectivity index (χ0n) is 15.1. The number of carbonyl (C=O) groups excluding carboxylic acids is 1. The number of benzene rings is 2. The summed E-state index contributed by atoms with van der Waals surface area (Å²) in [6, 6.07) is 18.6. The van der Waals surface area contributed by atoms with E-state index in [0.717, 1.165) is 31.7 Å². The van der Waals surface area contributed by atoms with Crippen molar-refractivity contribution in [3.8, 4) is 0 Å². The molecule has 1 fully saturated rings. The number of nitrogens with zero attached hydrogens (tertiary/aromatic N) is 2. The number of amides is 1. The van der Waals surface area contributed by atoms with Gasteiger partial charge in [-0.2, -0.15) is 0 Å². The molecule has 132 valence electrons. The molecule has 25 heavy (non-hydrogen) atoms. The Bertz CT molecular complexity index is 676. The summed E-state index contributed by atoms with van der Waals surface area (Å²) in [5, 5.41) is 3.05. The number of hydrogen-bond donors (Lipinski definition) is 1. The minimum Gasteiger partial charge on any atom is -0.369 e. The second kappa shape index (κ2) is 8.17. The summed E-state index contributed by atoms with van der Waals surface area (Å²) in [6.07, 6.45) is 0. The lowest BCUT2D eigenvalue weighted by atomic mass is 10.1. The number of nitrogens with one attached hydrogen (secondary N) is 1. The van der Waals surface area contributed by atoms with E-state index in [1.165, 1.54) is 11.3 Å². The van der Waals surface area contributed by atoms with Gasteiger partial charge in [0.15, 0.2) is 0 Å². The van der Waals surface area contributed by atoms with Crippen LogP contribution >= 0.6 is 0 Å². The van der Waals surface area contributed by atoms with E-state index in [9.17, 15) is 4.79 Å². The molecule has 1 aliphatic heterocycles. The maximum Gasteiger partial charge on any atom is 0.237 e. The van der Waals surface area contributed by atoms with Crippen molar-refractivity contribution in [3.63, 3.8) is 0 Å². The zero-order chi connectivity index (χ0) is 17.6. The van der Waals surface area contributed by atoms with Crippen LogP contribution in [0.2, 0.25) is 0 Å². The first-order valence-corrected chi connectivity index (χ1v) is 9.01. The lowest BCUT2D eigenvalue weighted by Crippen LogP contribution is -2.53. The number of piperazine rings is 1. The molecule has 0 aromatic heterocycles. The predicted octanol–water partition coefficient (Wildman–Crippen LogP) is 2.82. The van der Waals surface area contributed by atoms with Crippen molar-refractivity contribution < 1.29 is 4.79 Å². The van der Waals surface area contributed by atoms with Crippen LogP contribution in [-0.4, -0.2) is 43.0 Å². The SMILES string of the molecule is Cc1ccc(N2CCN(C(C)C(=O)NCc3ccccc3)CC2)cc1. The Morgan fingerprint density at radius 2 is 1.64 bits per heavy atom. The molecule has 1 saturated heterocycles. The quantitative estimate of drug-likeness (QED) is 0.911. The van der Waals surface area contributed by atoms with Crippen LogP contribution < -0.4 is 10.2 Å². The fourth-order valence-electron chi connectivity index (χ4n) is 3.22. The van der Waals surface area contributed by atoms with Gasteiger partial charge in [-0.15, -0.1) is 0 Å². The van der Waals surface area contributed by atoms with Crippen molar-refractivity contribution in [1.29, 1.82) is 0 Å². The van der Waals surface area contributed by atoms with E-state index in [1.807, 2.05) is 37.3 Å². The Balaban J connectivity index is 1.48. The van der Waals surface area contributed by atoms with Crippen molar-refractivity contribution in [3.05, 3.63) is 65.7 Å². The third kappa shape index (κ3) is 4.60. The Labute approximate surface area is 150 Å². The van der Waals surface area contributed by atoms with Gasteiger partial charge in [0.25, 0.3) is 0 Å². The van der Waals surface area contributed by atoms with Crippen LogP contribution in [-0.2, 0) is 11.3 Å². The fraction of sp³-hybridized carbons (Fsp3) is 0.381. The van der Waals surface area contributed by atoms with Crippen molar-refractivity contribution in [2.75, 3.05) is 31.1 Å². The molecule has 1 N–H and O–H groups in total. The molecule has 1 aliphatic rings. The summed E-state index contributed by atoms with van der Waals surface area (Å²) >= 11 is 0. The molecule has 4 nitrogen and oxygen atoms in total. The van der Waals surface area contributed by atoms with E-state index in [-0.39, 0.29) is 11.9 Å². The standard InChI is InChI=1S/C21H27N3O/c1-17-8-10-20(11-9-17)24-14-12-23(13-15-24)18(2)21(25)22-16-19-6-4-3-5-7-19/h3-11,18H,12-16H2,1-2H3,(H,22,25). The smallest absolute Gasteiger partial charge is 0.237 e. The van der Waals surface area contributed by atoms with Gasteiger partial charge < -0.3 is 10.2 Å². The fourth-order valence-corrected chi connectivity index (χ4v) is 3.22. The van der Waals surface area contributed by atoms with E-state index in [2.05, 4.69) is 46.3 Å². The molecule has 4 heteroatoms. The number of hydrogen-bond acceptors (Lipinski definition) is 3. The summed E-state index contributed by atoms with van der Waals surface area (Å²) < 4.78 is 0. The van der Waals surface area contributed by atoms with Crippen LogP contribution in [0.1, 0.15) is 18.1 Å². The second-order valence-corrected chi connectivity index (χ2v) is 6.74. The van der Waals surface area contributed by atoms with Crippen LogP contribution in [0.3, 0.4) is 0 Å². The molecule has 0 bridgehead atoms. The highest BCUT2D eigenvalue weighted by atomic mass is 16.2. The highest BCUT2D eigenvalue weighted by molar-refractivity contribution is 5.81. The van der Waals surface area contributed by atoms with Gasteiger partial charge in [-0.05, 0) is 31.5 Å². The number of carbonyl (C=O) groups is 1. The summed E-state index contributed by atoms with van der Waals surface area (Å²) in [6.45, 7) is 8.44. The molecule has 1 amide bonds. The van der Waals surface area contributed by atoms with Crippen LogP contribution in [0.15, 0.2) is 54.6 Å². The summed E-state index contributed by atoms with van der Waals surface area (Å²) in [7, 11) is 0. The van der Waals surface area contributed by atoms with E-state index < -0.39 is 0 Å². The first-order chi connectivity index (χ1) is 12.1. The topological polar surface area (TPSA) is 35.6 Å². The lowest BCUT2D eigenvalue weighted by molar-refractivity contribution is -0.126. The van der Waals surface area contributed by atoms with Crippen LogP contribution in [0.25, 0.3) is 0 Å². The Morgan fingerprint density at radius 3 is 2.28 bits per heavy atom. The molecule has 0 saturated carbocycles. The predicted molar refractivity (Wildman–Crippen MR) is 103 cm³/mol. The monoisotopic (exact) mass is 337 g/mol. The largest absolute Gasteiger partial charge is 0.369 e. The summed E-state index contributed by atoms with van der Waals surface area (Å²) in [5.41, 5.74) is 3.68. The van der Waals surface area contributed by atoms with Gasteiger partial charge in [-0.3, -0.25) is 9.69 Å². The molecule has 0 aliphatic carbocycles. The molecule has 2 aromatic carbocycles. The van der Waals surface area contributed by atoms with Crippen molar-refractivity contribution in [2.45, 2.75) is 26.4 Å². The first-order valence-electron chi connectivity index (χ1n) is 9.01. The maximum absolute atomic E-state index is 12.4. The van der Waals surface area contributed by atoms with Crippen LogP contribution in [0, 0.1) is 6.92 Å². The maximum atomic E-state index is 12.4. The normalized spacial score (nSPS) is 16.5. The van der Waals surface area contributed by atoms with E-state index >= 15 is 0 Å². The third-order valence-corrected chi connectivity index (χ3v) is 4.95. The van der Waals surface area contributed by atoms with E-state index in [4.69, 9.17) is 0 Å². The second-order valence-electron chi connectivity index (χ2n) is 6.74. The molecule has 2 aromatic rings. The van der Waals surface area contributed by atoms with E-state index in [0.29, 0.717) is 6.54 Å². The lowest BCUT2D eigenvalue weighted by Gasteiger charge is -2.38. The van der Waals surface area contributed by atoms with Crippen molar-refractivity contribution >= 4 is 11.6 Å². The molecule has 0 spiro atoms. The van der Waals surface area contributed by atoms with Crippen LogP contribution in [0.5, 0.6) is 0 Å². The Hall–Kier alpha value is -2.33. The van der Waals surface area contributed by atoms with Crippen molar-refractivity contribution in [2.24, 2.45) is 0 Å². The minimum absolute atomic E-state index is 0.0936. The number of anilines is 1.